The van der Waals surface area contributed by atoms with E-state index in [1.807, 2.05) is 19.1 Å². The zero-order valence-electron chi connectivity index (χ0n) is 14.2. The Morgan fingerprint density at radius 3 is 2.25 bits per heavy atom. The molecule has 0 saturated carbocycles. The number of nitrogens with zero attached hydrogens (tertiary/aromatic N) is 1. The molecule has 0 bridgehead atoms. The molecule has 0 radical (unpaired) electrons. The van der Waals surface area contributed by atoms with Crippen molar-refractivity contribution in [1.82, 2.24) is 0 Å². The highest BCUT2D eigenvalue weighted by Crippen LogP contribution is 2.22. The monoisotopic (exact) mass is 339 g/mol. The summed E-state index contributed by atoms with van der Waals surface area (Å²) < 4.78 is 5.43. The molecule has 4 heteroatoms. The van der Waals surface area contributed by atoms with Gasteiger partial charge in [0.25, 0.3) is 0 Å². The van der Waals surface area contributed by atoms with Crippen LogP contribution in [-0.2, 0) is 11.2 Å². The quantitative estimate of drug-likeness (QED) is 0.309. The van der Waals surface area contributed by atoms with E-state index in [9.17, 15) is 4.79 Å². The first-order valence-corrected chi connectivity index (χ1v) is 8.39. The molecule has 0 amide bonds. The van der Waals surface area contributed by atoms with E-state index in [0.717, 1.165) is 12.0 Å². The van der Waals surface area contributed by atoms with Crippen LogP contribution in [0.3, 0.4) is 0 Å². The first kappa shape index (κ1) is 18.1. The largest absolute Gasteiger partial charge is 0.426 e. The molecule has 0 aliphatic heterocycles. The second-order valence-corrected chi connectivity index (χ2v) is 6.36. The minimum absolute atomic E-state index is 0.280. The van der Waals surface area contributed by atoms with Gasteiger partial charge in [0, 0.05) is 0 Å². The Morgan fingerprint density at radius 2 is 1.71 bits per heavy atom. The van der Waals surface area contributed by atoms with Gasteiger partial charge in [-0.15, -0.1) is 0 Å². The Morgan fingerprint density at radius 1 is 1.08 bits per heavy atom. The Hall–Kier alpha value is -2.29. The highest BCUT2D eigenvalue weighted by molar-refractivity contribution is 7.78. The fourth-order valence-electron chi connectivity index (χ4n) is 2.40. The molecular formula is C20H21NO2S. The third kappa shape index (κ3) is 5.12. The summed E-state index contributed by atoms with van der Waals surface area (Å²) in [5.41, 5.74) is 2.91. The van der Waals surface area contributed by atoms with E-state index in [1.54, 1.807) is 24.3 Å². The van der Waals surface area contributed by atoms with Gasteiger partial charge in [0.1, 0.15) is 5.75 Å². The second-order valence-electron chi connectivity index (χ2n) is 6.18. The maximum Gasteiger partial charge on any atom is 0.318 e. The van der Waals surface area contributed by atoms with E-state index in [4.69, 9.17) is 4.74 Å². The predicted octanol–water partition coefficient (Wildman–Crippen LogP) is 5.33. The molecule has 2 aromatic rings. The maximum absolute atomic E-state index is 12.3. The van der Waals surface area contributed by atoms with Crippen molar-refractivity contribution in [2.75, 3.05) is 0 Å². The van der Waals surface area contributed by atoms with Crippen molar-refractivity contribution in [2.24, 2.45) is 10.9 Å². The average molecular weight is 339 g/mol. The minimum Gasteiger partial charge on any atom is -0.426 e. The summed E-state index contributed by atoms with van der Waals surface area (Å²) in [6, 6.07) is 15.0. The number of thiocarbonyl (C=S) groups is 1. The third-order valence-electron chi connectivity index (χ3n) is 3.71. The standard InChI is InChI=1S/C20H21NO2S/c1-14(2)12-16-4-6-17(7-5-16)15(3)20(22)23-19-10-8-18(9-11-19)21-13-24/h4-11,14-15H,12H2,1-3H3. The summed E-state index contributed by atoms with van der Waals surface area (Å²) in [6.45, 7) is 6.24. The topological polar surface area (TPSA) is 38.7 Å². The van der Waals surface area contributed by atoms with Crippen LogP contribution < -0.4 is 4.74 Å². The van der Waals surface area contributed by atoms with Crippen molar-refractivity contribution in [3.63, 3.8) is 0 Å². The predicted molar refractivity (Wildman–Crippen MR) is 100 cm³/mol. The SMILES string of the molecule is CC(C)Cc1ccc(C(C)C(=O)Oc2ccc(N=C=S)cc2)cc1. The molecule has 0 aliphatic carbocycles. The summed E-state index contributed by atoms with van der Waals surface area (Å²) >= 11 is 4.56. The van der Waals surface area contributed by atoms with Crippen LogP contribution in [0, 0.1) is 5.92 Å². The number of hydrogen-bond acceptors (Lipinski definition) is 4. The molecule has 24 heavy (non-hydrogen) atoms. The molecule has 0 spiro atoms. The molecule has 0 heterocycles. The Bertz CT molecular complexity index is 729. The van der Waals surface area contributed by atoms with E-state index >= 15 is 0 Å². The Kier molecular flexibility index (Phi) is 6.42. The molecule has 0 N–H and O–H groups in total. The summed E-state index contributed by atoms with van der Waals surface area (Å²) in [7, 11) is 0. The third-order valence-corrected chi connectivity index (χ3v) is 3.80. The van der Waals surface area contributed by atoms with E-state index in [-0.39, 0.29) is 11.9 Å². The highest BCUT2D eigenvalue weighted by Gasteiger charge is 2.17. The molecule has 0 saturated heterocycles. The summed E-state index contributed by atoms with van der Waals surface area (Å²) in [5.74, 6) is 0.505. The summed E-state index contributed by atoms with van der Waals surface area (Å²) in [4.78, 5) is 16.2. The lowest BCUT2D eigenvalue weighted by Crippen LogP contribution is -2.16. The fourth-order valence-corrected chi connectivity index (χ4v) is 2.50. The molecule has 2 aromatic carbocycles. The normalized spacial score (nSPS) is 11.7. The van der Waals surface area contributed by atoms with Gasteiger partial charge in [-0.1, -0.05) is 38.1 Å². The molecule has 1 unspecified atom stereocenters. The highest BCUT2D eigenvalue weighted by atomic mass is 32.1. The molecule has 1 atom stereocenters. The van der Waals surface area contributed by atoms with Gasteiger partial charge < -0.3 is 4.74 Å². The van der Waals surface area contributed by atoms with E-state index in [1.165, 1.54) is 5.56 Å². The van der Waals surface area contributed by atoms with Crippen LogP contribution in [0.1, 0.15) is 37.8 Å². The maximum atomic E-state index is 12.3. The molecule has 2 rings (SSSR count). The number of carbonyl (C=O) groups excluding carboxylic acids is 1. The zero-order valence-corrected chi connectivity index (χ0v) is 15.0. The number of ether oxygens (including phenoxy) is 1. The van der Waals surface area contributed by atoms with Gasteiger partial charge in [-0.05, 0) is 66.9 Å². The van der Waals surface area contributed by atoms with Crippen LogP contribution in [0.25, 0.3) is 0 Å². The molecule has 124 valence electrons. The van der Waals surface area contributed by atoms with Crippen LogP contribution in [-0.4, -0.2) is 11.1 Å². The number of rotatable bonds is 6. The minimum atomic E-state index is -0.322. The Labute approximate surface area is 148 Å². The van der Waals surface area contributed by atoms with E-state index in [0.29, 0.717) is 17.4 Å². The van der Waals surface area contributed by atoms with Crippen LogP contribution in [0.2, 0.25) is 0 Å². The number of esters is 1. The van der Waals surface area contributed by atoms with Gasteiger partial charge in [0.2, 0.25) is 0 Å². The molecular weight excluding hydrogens is 318 g/mol. The molecule has 0 aliphatic rings. The van der Waals surface area contributed by atoms with Crippen molar-refractivity contribution in [3.05, 3.63) is 59.7 Å². The van der Waals surface area contributed by atoms with Crippen LogP contribution in [0.4, 0.5) is 5.69 Å². The smallest absolute Gasteiger partial charge is 0.318 e. The van der Waals surface area contributed by atoms with Crippen molar-refractivity contribution in [2.45, 2.75) is 33.1 Å². The lowest BCUT2D eigenvalue weighted by atomic mass is 9.97. The first-order valence-electron chi connectivity index (χ1n) is 7.98. The van der Waals surface area contributed by atoms with E-state index in [2.05, 4.69) is 48.4 Å². The van der Waals surface area contributed by atoms with Gasteiger partial charge in [-0.2, -0.15) is 4.99 Å². The van der Waals surface area contributed by atoms with Crippen molar-refractivity contribution < 1.29 is 9.53 Å². The molecule has 3 nitrogen and oxygen atoms in total. The average Bonchev–Trinajstić information content (AvgIpc) is 2.56. The number of carbonyl (C=O) groups is 1. The second kappa shape index (κ2) is 8.53. The molecule has 0 fully saturated rings. The summed E-state index contributed by atoms with van der Waals surface area (Å²) in [5, 5.41) is 2.30. The molecule has 0 aromatic heterocycles. The zero-order chi connectivity index (χ0) is 17.5. The van der Waals surface area contributed by atoms with Gasteiger partial charge in [-0.3, -0.25) is 4.79 Å². The van der Waals surface area contributed by atoms with Gasteiger partial charge in [-0.25, -0.2) is 0 Å². The Balaban J connectivity index is 2.02. The van der Waals surface area contributed by atoms with Crippen molar-refractivity contribution in [1.29, 1.82) is 0 Å². The van der Waals surface area contributed by atoms with Gasteiger partial charge in [0.15, 0.2) is 0 Å². The fraction of sp³-hybridized carbons (Fsp3) is 0.300. The number of hydrogen-bond donors (Lipinski definition) is 0. The van der Waals surface area contributed by atoms with Gasteiger partial charge in [0.05, 0.1) is 16.8 Å². The van der Waals surface area contributed by atoms with Crippen LogP contribution in [0.5, 0.6) is 5.75 Å². The van der Waals surface area contributed by atoms with Crippen LogP contribution in [0.15, 0.2) is 53.5 Å². The van der Waals surface area contributed by atoms with Gasteiger partial charge >= 0.3 is 5.97 Å². The van der Waals surface area contributed by atoms with Crippen molar-refractivity contribution >= 4 is 29.0 Å². The van der Waals surface area contributed by atoms with E-state index < -0.39 is 0 Å². The van der Waals surface area contributed by atoms with Crippen molar-refractivity contribution in [3.8, 4) is 5.75 Å². The number of benzene rings is 2. The lowest BCUT2D eigenvalue weighted by Gasteiger charge is -2.13. The van der Waals surface area contributed by atoms with Crippen LogP contribution >= 0.6 is 12.2 Å². The lowest BCUT2D eigenvalue weighted by molar-refractivity contribution is -0.135. The number of isothiocyanates is 1. The first-order chi connectivity index (χ1) is 11.5. The summed E-state index contributed by atoms with van der Waals surface area (Å²) in [6.07, 6.45) is 1.04. The number of aliphatic imine (C=N–C) groups is 1.